The van der Waals surface area contributed by atoms with E-state index in [9.17, 15) is 91.6 Å². The maximum atomic E-state index is 13.3. The van der Waals surface area contributed by atoms with Crippen molar-refractivity contribution >= 4 is 180 Å². The highest BCUT2D eigenvalue weighted by atomic mass is 35.5. The summed E-state index contributed by atoms with van der Waals surface area (Å²) >= 11 is 26.8. The third-order valence-corrected chi connectivity index (χ3v) is 32.6. The molecule has 13 atom stereocenters. The Morgan fingerprint density at radius 3 is 1.40 bits per heavy atom. The monoisotopic (exact) mass is 2260 g/mol. The summed E-state index contributed by atoms with van der Waals surface area (Å²) in [5, 5.41) is 82.1. The summed E-state index contributed by atoms with van der Waals surface area (Å²) in [7, 11) is -16.4. The minimum absolute atomic E-state index is 0. The summed E-state index contributed by atoms with van der Waals surface area (Å²) in [5.74, 6) is -2.01. The Morgan fingerprint density at radius 1 is 0.497 bits per heavy atom. The molecule has 9 heterocycles. The fraction of sp³-hybridized carbons (Fsp3) is 0.407. The zero-order chi connectivity index (χ0) is 103. The van der Waals surface area contributed by atoms with Crippen molar-refractivity contribution in [2.24, 2.45) is 62.0 Å². The molecule has 145 heavy (non-hydrogen) atoms. The van der Waals surface area contributed by atoms with Gasteiger partial charge in [0, 0.05) is 110 Å². The number of ether oxygens (including phenoxy) is 3. The van der Waals surface area contributed by atoms with Crippen LogP contribution in [0.2, 0.25) is 13.7 Å². The van der Waals surface area contributed by atoms with E-state index >= 15 is 0 Å². The second-order valence-electron chi connectivity index (χ2n) is 33.8. The van der Waals surface area contributed by atoms with Gasteiger partial charge in [0.15, 0.2) is 11.5 Å². The van der Waals surface area contributed by atoms with Crippen LogP contribution in [0.1, 0.15) is 174 Å². The molecule has 5 aliphatic rings. The Hall–Kier alpha value is -8.74. The lowest BCUT2D eigenvalue weighted by Crippen LogP contribution is -2.24. The van der Waals surface area contributed by atoms with E-state index in [-0.39, 0.29) is 135 Å². The van der Waals surface area contributed by atoms with Gasteiger partial charge >= 0.3 is 47.6 Å². The van der Waals surface area contributed by atoms with E-state index < -0.39 is 102 Å². The lowest BCUT2D eigenvalue weighted by Gasteiger charge is -2.26. The van der Waals surface area contributed by atoms with Gasteiger partial charge in [0.1, 0.15) is 47.9 Å². The number of hydrogen-bond donors (Lipinski definition) is 11. The number of aromatic nitrogens is 8. The number of aliphatic hydroxyl groups excluding tert-OH is 5. The summed E-state index contributed by atoms with van der Waals surface area (Å²) in [6.45, 7) is 0.202. The molecule has 54 heteroatoms. The van der Waals surface area contributed by atoms with Gasteiger partial charge in [-0.15, -0.1) is 70.3 Å². The fourth-order valence-corrected chi connectivity index (χ4v) is 24.7. The molecule has 5 fully saturated rings. The number of carbonyl (C=O) groups excluding carboxylic acids is 4. The van der Waals surface area contributed by atoms with Crippen LogP contribution in [0.25, 0.3) is 0 Å². The number of thiophene rings is 4. The number of rotatable bonds is 39. The molecule has 8 aromatic heterocycles. The zero-order valence-electron chi connectivity index (χ0n) is 75.0. The number of nitrogens with zero attached hydrogens (tertiary/aromatic N) is 8. The number of nitrogens with two attached hydrogens (primary N) is 4. The molecule has 1 unspecified atom stereocenters. The Labute approximate surface area is 874 Å². The number of thioether (sulfide) groups is 1. The summed E-state index contributed by atoms with van der Waals surface area (Å²) in [6.07, 6.45) is 7.88. The molecular formula is C91H104Cl3F3N14O24S10. The maximum Gasteiger partial charge on any atom is 0.573 e. The average Bonchev–Trinajstić information content (AvgIpc) is 1.66. The van der Waals surface area contributed by atoms with Crippen molar-refractivity contribution in [3.8, 4) is 11.5 Å². The molecule has 38 nitrogen and oxygen atoms in total. The standard InChI is InChI=1S/C24H24F3N3O7S2.C23H25N3O5S3.C21H20Cl2N4O5S3.C21H27ClN4O7S2.2CH4/c25-24(26,27)37-21-4-2-1-3-20(21)35-10-15-8-22(38-12-15)23(32)17-9-29-13-30-18(17)6-14-5-16(19(31)7-14)11-36-39(28,33)34;24-34(29,30)31-11-17-6-15(8-21(17)27)7-20-19(10-25-14-26-20)23(28)22-9-16(13-33-22)12-32-18-4-2-1-3-5-18;22-12-2-1-3-14(5-12)33-18-7-17(34-20(18)23)19(29)15-8-25-10-26-21(15)27-13-4-11(16(28)6-13)9-32-35(24,30)31;22-20-14(18(28)11-1-3-32-4-2-11)7-17(34-20)19(29)15-8-24-10-25-21(15)26-13-5-12(16(27)6-13)9-33-35(23,30)31;;/h1-4,8-9,12-14,16,19,31H,5-7,10-11H2,(H2,28,33,34);1-5,9-10,13-15,17,21,27H,6-8,11-12H2,(H2,24,29,30);1-3,5,7-8,10-11,13,16,28H,4,6,9H2,(H2,24,30,31)(H,25,26,27);7-8,10-13,16,18,27-28H,1-6,9H2,(H2,23,30,31)(H,24,25,26);2*1H4/t14-,16+,19-;15-,17+,21-;11-,13-,16+;12-,13-,16+,18?;;/m0011../s1. The van der Waals surface area contributed by atoms with Crippen LogP contribution in [0, 0.1) is 41.4 Å². The quantitative estimate of drug-likeness (QED) is 0.0126. The molecule has 0 radical (unpaired) electrons. The first-order chi connectivity index (χ1) is 67.9. The van der Waals surface area contributed by atoms with Crippen molar-refractivity contribution < 1.29 is 122 Å². The number of benzene rings is 3. The van der Waals surface area contributed by atoms with Gasteiger partial charge in [-0.3, -0.25) is 35.9 Å². The van der Waals surface area contributed by atoms with Crippen LogP contribution in [-0.4, -0.2) is 205 Å². The first kappa shape index (κ1) is 117. The van der Waals surface area contributed by atoms with Gasteiger partial charge in [0.25, 0.3) is 0 Å². The topological polar surface area (TPSA) is 602 Å². The molecule has 0 bridgehead atoms. The van der Waals surface area contributed by atoms with Crippen molar-refractivity contribution in [1.29, 1.82) is 0 Å². The molecule has 16 rings (SSSR count). The molecule has 3 aromatic carbocycles. The molecule has 4 saturated carbocycles. The predicted molar refractivity (Wildman–Crippen MR) is 541 cm³/mol. The van der Waals surface area contributed by atoms with Crippen LogP contribution in [-0.2, 0) is 87.9 Å². The number of anilines is 2. The smallest absolute Gasteiger partial charge is 0.485 e. The van der Waals surface area contributed by atoms with Gasteiger partial charge in [-0.05, 0) is 178 Å². The molecule has 0 amide bonds. The van der Waals surface area contributed by atoms with Gasteiger partial charge in [-0.25, -0.2) is 60.4 Å². The Bertz CT molecular complexity index is 6730. The van der Waals surface area contributed by atoms with Crippen LogP contribution >= 0.6 is 104 Å². The van der Waals surface area contributed by atoms with Crippen molar-refractivity contribution in [2.45, 2.75) is 168 Å². The third-order valence-electron chi connectivity index (χ3n) is 23.5. The average molecular weight is 2260 g/mol. The minimum Gasteiger partial charge on any atom is -0.485 e. The molecule has 11 aromatic rings. The second kappa shape index (κ2) is 53.1. The van der Waals surface area contributed by atoms with E-state index in [0.717, 1.165) is 61.2 Å². The number of carbonyl (C=O) groups is 4. The normalized spacial score (nSPS) is 20.8. The van der Waals surface area contributed by atoms with Crippen LogP contribution < -0.4 is 40.7 Å². The highest BCUT2D eigenvalue weighted by molar-refractivity contribution is 7.99. The Kier molecular flexibility index (Phi) is 42.7. The van der Waals surface area contributed by atoms with Gasteiger partial charge in [0.2, 0.25) is 23.1 Å². The minimum atomic E-state index is -4.87. The number of alkyl halides is 3. The molecule has 1 saturated heterocycles. The molecule has 1 aliphatic heterocycles. The van der Waals surface area contributed by atoms with Gasteiger partial charge in [0.05, 0.1) is 114 Å². The number of hydrogen-bond acceptors (Lipinski definition) is 40. The van der Waals surface area contributed by atoms with E-state index in [2.05, 4.69) is 84.1 Å². The van der Waals surface area contributed by atoms with Crippen LogP contribution in [0.3, 0.4) is 0 Å². The summed E-state index contributed by atoms with van der Waals surface area (Å²) in [4.78, 5) is 90.7. The van der Waals surface area contributed by atoms with E-state index in [4.69, 9.17) is 64.8 Å². The molecular weight excluding hydrogens is 2160 g/mol. The van der Waals surface area contributed by atoms with Crippen LogP contribution in [0.5, 0.6) is 11.5 Å². The summed E-state index contributed by atoms with van der Waals surface area (Å²) < 4.78 is 161. The predicted octanol–water partition coefficient (Wildman–Crippen LogP) is 13.5. The van der Waals surface area contributed by atoms with Gasteiger partial charge < -0.3 is 50.4 Å². The molecule has 4 aliphatic carbocycles. The van der Waals surface area contributed by atoms with E-state index in [1.807, 2.05) is 47.8 Å². The number of nitrogens with one attached hydrogen (secondary N) is 2. The van der Waals surface area contributed by atoms with Crippen molar-refractivity contribution in [3.05, 3.63) is 248 Å². The highest BCUT2D eigenvalue weighted by Crippen LogP contribution is 2.45. The highest BCUT2D eigenvalue weighted by Gasteiger charge is 2.41. The van der Waals surface area contributed by atoms with Gasteiger partial charge in [-0.1, -0.05) is 97.8 Å². The summed E-state index contributed by atoms with van der Waals surface area (Å²) in [5.41, 5.74) is 4.47. The van der Waals surface area contributed by atoms with Crippen molar-refractivity contribution in [1.82, 2.24) is 39.9 Å². The zero-order valence-corrected chi connectivity index (χ0v) is 85.5. The number of para-hydroxylation sites is 2. The van der Waals surface area contributed by atoms with Crippen molar-refractivity contribution in [3.63, 3.8) is 0 Å². The Morgan fingerprint density at radius 2 is 0.917 bits per heavy atom. The first-order valence-corrected chi connectivity index (χ1v) is 56.0. The van der Waals surface area contributed by atoms with E-state index in [1.54, 1.807) is 41.4 Å². The number of ketones is 4. The second-order valence-corrected chi connectivity index (χ2v) is 46.5. The summed E-state index contributed by atoms with van der Waals surface area (Å²) in [6, 6.07) is 29.1. The lowest BCUT2D eigenvalue weighted by molar-refractivity contribution is -0.275. The molecule has 15 N–H and O–H groups in total. The third kappa shape index (κ3) is 35.2. The number of halogens is 6. The first-order valence-electron chi connectivity index (χ1n) is 43.8. The molecule has 784 valence electrons. The lowest BCUT2D eigenvalue weighted by atomic mass is 9.90. The van der Waals surface area contributed by atoms with Crippen LogP contribution in [0.4, 0.5) is 24.8 Å². The molecule has 0 spiro atoms. The SMILES string of the molecule is C.C.NS(=O)(=O)OC[C@H]1C[C@@H](Cc2ncncc2C(=O)c2cc(COc3ccccc3OC(F)(F)F)cs2)C[C@@H]1O.NS(=O)(=O)OC[C@H]1C[C@@H](Cc2ncncc2C(=O)c2cc(CSc3ccccc3)cs2)C[C@@H]1O.NS(=O)(=O)OC[C@H]1C[C@@H](Nc2ncncc2C(=O)c2cc(C(O)C3CCOCC3)c(Cl)s2)C[C@@H]1O.NS(=O)(=O)OC[C@H]1C[C@@H](Nc2ncncc2C(=O)c2cc(Sc3cccc(Cl)c3)c(Cl)s2)C[C@@H]1O. The Balaban J connectivity index is 0.000000183. The number of aliphatic hydroxyl groups is 5. The van der Waals surface area contributed by atoms with Gasteiger partial charge in [-0.2, -0.15) is 33.7 Å². The van der Waals surface area contributed by atoms with E-state index in [0.29, 0.717) is 157 Å². The fourth-order valence-electron chi connectivity index (χ4n) is 16.7. The maximum absolute atomic E-state index is 13.3. The largest absolute Gasteiger partial charge is 0.573 e. The van der Waals surface area contributed by atoms with E-state index in [1.165, 1.54) is 96.3 Å². The van der Waals surface area contributed by atoms with Crippen molar-refractivity contribution in [2.75, 3.05) is 50.3 Å². The van der Waals surface area contributed by atoms with Crippen LogP contribution in [0.15, 0.2) is 179 Å².